The van der Waals surface area contributed by atoms with Gasteiger partial charge in [-0.15, -0.1) is 0 Å². The Morgan fingerprint density at radius 3 is 3.00 bits per heavy atom. The lowest BCUT2D eigenvalue weighted by Gasteiger charge is -2.23. The first-order chi connectivity index (χ1) is 10.3. The van der Waals surface area contributed by atoms with Gasteiger partial charge in [0.25, 0.3) is 0 Å². The van der Waals surface area contributed by atoms with Gasteiger partial charge < -0.3 is 10.3 Å². The van der Waals surface area contributed by atoms with Crippen molar-refractivity contribution in [3.8, 4) is 0 Å². The van der Waals surface area contributed by atoms with Crippen LogP contribution < -0.4 is 5.73 Å². The summed E-state index contributed by atoms with van der Waals surface area (Å²) in [6.45, 7) is 2.05. The monoisotopic (exact) mass is 306 g/mol. The van der Waals surface area contributed by atoms with Gasteiger partial charge in [-0.05, 0) is 37.4 Å². The SMILES string of the molecule is NCc1nc(CN2CCCC2Cc2ccccc2Cl)no1. The van der Waals surface area contributed by atoms with Gasteiger partial charge in [-0.25, -0.2) is 0 Å². The van der Waals surface area contributed by atoms with Crippen LogP contribution in [0.5, 0.6) is 0 Å². The summed E-state index contributed by atoms with van der Waals surface area (Å²) in [5.41, 5.74) is 6.69. The molecule has 0 saturated carbocycles. The first-order valence-electron chi connectivity index (χ1n) is 7.25. The Morgan fingerprint density at radius 2 is 2.24 bits per heavy atom. The van der Waals surface area contributed by atoms with Gasteiger partial charge in [0.15, 0.2) is 5.82 Å². The summed E-state index contributed by atoms with van der Waals surface area (Å²) < 4.78 is 5.06. The number of rotatable bonds is 5. The van der Waals surface area contributed by atoms with E-state index in [1.54, 1.807) is 0 Å². The predicted molar refractivity (Wildman–Crippen MR) is 80.8 cm³/mol. The summed E-state index contributed by atoms with van der Waals surface area (Å²) in [6.07, 6.45) is 3.32. The van der Waals surface area contributed by atoms with Crippen LogP contribution in [0.1, 0.15) is 30.1 Å². The Bertz CT molecular complexity index is 601. The van der Waals surface area contributed by atoms with Crippen LogP contribution in [0.2, 0.25) is 5.02 Å². The van der Waals surface area contributed by atoms with Gasteiger partial charge >= 0.3 is 0 Å². The molecule has 1 aliphatic heterocycles. The number of likely N-dealkylation sites (tertiary alicyclic amines) is 1. The Labute approximate surface area is 129 Å². The van der Waals surface area contributed by atoms with E-state index in [0.29, 0.717) is 24.3 Å². The average molecular weight is 307 g/mol. The second kappa shape index (κ2) is 6.56. The zero-order valence-corrected chi connectivity index (χ0v) is 12.6. The maximum atomic E-state index is 6.26. The molecule has 21 heavy (non-hydrogen) atoms. The van der Waals surface area contributed by atoms with Crippen molar-refractivity contribution in [2.75, 3.05) is 6.54 Å². The zero-order chi connectivity index (χ0) is 14.7. The van der Waals surface area contributed by atoms with E-state index in [1.165, 1.54) is 18.4 Å². The van der Waals surface area contributed by atoms with Crippen molar-refractivity contribution < 1.29 is 4.52 Å². The first kappa shape index (κ1) is 14.5. The van der Waals surface area contributed by atoms with Crippen molar-refractivity contribution in [2.45, 2.75) is 38.4 Å². The third-order valence-electron chi connectivity index (χ3n) is 3.94. The molecule has 1 aromatic heterocycles. The third kappa shape index (κ3) is 3.43. The lowest BCUT2D eigenvalue weighted by atomic mass is 10.0. The molecule has 0 bridgehead atoms. The molecule has 1 fully saturated rings. The molecule has 2 N–H and O–H groups in total. The number of halogens is 1. The van der Waals surface area contributed by atoms with Gasteiger partial charge in [-0.1, -0.05) is 35.0 Å². The Hall–Kier alpha value is -1.43. The van der Waals surface area contributed by atoms with Gasteiger partial charge in [0, 0.05) is 11.1 Å². The lowest BCUT2D eigenvalue weighted by molar-refractivity contribution is 0.234. The predicted octanol–water partition coefficient (Wildman–Crippen LogP) is 2.39. The van der Waals surface area contributed by atoms with E-state index in [-0.39, 0.29) is 6.54 Å². The maximum absolute atomic E-state index is 6.26. The minimum atomic E-state index is 0.288. The smallest absolute Gasteiger partial charge is 0.240 e. The summed E-state index contributed by atoms with van der Waals surface area (Å²) in [5.74, 6) is 1.20. The van der Waals surface area contributed by atoms with E-state index < -0.39 is 0 Å². The van der Waals surface area contributed by atoms with Gasteiger partial charge in [-0.2, -0.15) is 4.98 Å². The highest BCUT2D eigenvalue weighted by atomic mass is 35.5. The summed E-state index contributed by atoms with van der Waals surface area (Å²) in [5, 5.41) is 4.82. The minimum Gasteiger partial charge on any atom is -0.338 e. The van der Waals surface area contributed by atoms with Gasteiger partial charge in [0.2, 0.25) is 5.89 Å². The molecule has 1 unspecified atom stereocenters. The molecular formula is C15H19ClN4O. The van der Waals surface area contributed by atoms with Crippen molar-refractivity contribution in [3.05, 3.63) is 46.6 Å². The molecule has 5 nitrogen and oxygen atoms in total. The molecule has 112 valence electrons. The summed E-state index contributed by atoms with van der Waals surface area (Å²) in [4.78, 5) is 6.68. The lowest BCUT2D eigenvalue weighted by Crippen LogP contribution is -2.31. The van der Waals surface area contributed by atoms with Crippen LogP contribution in [0, 0.1) is 0 Å². The number of nitrogens with two attached hydrogens (primary N) is 1. The fourth-order valence-electron chi connectivity index (χ4n) is 2.87. The molecule has 0 amide bonds. The molecule has 0 radical (unpaired) electrons. The molecule has 2 aromatic rings. The molecule has 0 spiro atoms. The minimum absolute atomic E-state index is 0.288. The molecule has 3 rings (SSSR count). The number of benzene rings is 1. The quantitative estimate of drug-likeness (QED) is 0.918. The highest BCUT2D eigenvalue weighted by Crippen LogP contribution is 2.25. The highest BCUT2D eigenvalue weighted by Gasteiger charge is 2.26. The number of hydrogen-bond donors (Lipinski definition) is 1. The largest absolute Gasteiger partial charge is 0.338 e. The van der Waals surface area contributed by atoms with Crippen LogP contribution in [0.15, 0.2) is 28.8 Å². The van der Waals surface area contributed by atoms with Gasteiger partial charge in [0.1, 0.15) is 0 Å². The van der Waals surface area contributed by atoms with Crippen molar-refractivity contribution in [1.29, 1.82) is 0 Å². The van der Waals surface area contributed by atoms with E-state index in [9.17, 15) is 0 Å². The summed E-state index contributed by atoms with van der Waals surface area (Å²) in [6, 6.07) is 8.52. The van der Waals surface area contributed by atoms with Crippen molar-refractivity contribution in [2.24, 2.45) is 5.73 Å². The maximum Gasteiger partial charge on any atom is 0.240 e. The topological polar surface area (TPSA) is 68.2 Å². The van der Waals surface area contributed by atoms with E-state index in [0.717, 1.165) is 18.0 Å². The molecule has 0 aliphatic carbocycles. The van der Waals surface area contributed by atoms with E-state index >= 15 is 0 Å². The fraction of sp³-hybridized carbons (Fsp3) is 0.467. The standard InChI is InChI=1S/C15H19ClN4O/c16-13-6-2-1-4-11(13)8-12-5-3-7-20(12)10-14-18-15(9-17)21-19-14/h1-2,4,6,12H,3,5,7-10,17H2. The molecule has 2 heterocycles. The number of hydrogen-bond acceptors (Lipinski definition) is 5. The van der Waals surface area contributed by atoms with Crippen molar-refractivity contribution in [1.82, 2.24) is 15.0 Å². The molecule has 6 heteroatoms. The fourth-order valence-corrected chi connectivity index (χ4v) is 3.08. The summed E-state index contributed by atoms with van der Waals surface area (Å²) in [7, 11) is 0. The summed E-state index contributed by atoms with van der Waals surface area (Å²) >= 11 is 6.26. The second-order valence-electron chi connectivity index (χ2n) is 5.37. The normalized spacial score (nSPS) is 19.2. The second-order valence-corrected chi connectivity index (χ2v) is 5.78. The molecular weight excluding hydrogens is 288 g/mol. The first-order valence-corrected chi connectivity index (χ1v) is 7.63. The Balaban J connectivity index is 1.66. The van der Waals surface area contributed by atoms with Crippen molar-refractivity contribution >= 4 is 11.6 Å². The van der Waals surface area contributed by atoms with Crippen LogP contribution in [-0.2, 0) is 19.5 Å². The van der Waals surface area contributed by atoms with E-state index in [4.69, 9.17) is 21.9 Å². The Kier molecular flexibility index (Phi) is 4.53. The van der Waals surface area contributed by atoms with E-state index in [1.807, 2.05) is 18.2 Å². The number of nitrogens with zero attached hydrogens (tertiary/aromatic N) is 3. The zero-order valence-electron chi connectivity index (χ0n) is 11.8. The van der Waals surface area contributed by atoms with Crippen LogP contribution >= 0.6 is 11.6 Å². The molecule has 1 saturated heterocycles. The molecule has 1 aliphatic rings. The van der Waals surface area contributed by atoms with Crippen LogP contribution in [0.25, 0.3) is 0 Å². The van der Waals surface area contributed by atoms with Crippen LogP contribution in [0.4, 0.5) is 0 Å². The van der Waals surface area contributed by atoms with Crippen molar-refractivity contribution in [3.63, 3.8) is 0 Å². The van der Waals surface area contributed by atoms with Crippen LogP contribution in [0.3, 0.4) is 0 Å². The third-order valence-corrected chi connectivity index (χ3v) is 4.31. The van der Waals surface area contributed by atoms with Gasteiger partial charge in [-0.3, -0.25) is 4.90 Å². The van der Waals surface area contributed by atoms with Gasteiger partial charge in [0.05, 0.1) is 13.1 Å². The Morgan fingerprint density at radius 1 is 1.38 bits per heavy atom. The number of aromatic nitrogens is 2. The molecule has 1 atom stereocenters. The van der Waals surface area contributed by atoms with E-state index in [2.05, 4.69) is 21.1 Å². The average Bonchev–Trinajstić information content (AvgIpc) is 3.12. The van der Waals surface area contributed by atoms with Crippen LogP contribution in [-0.4, -0.2) is 27.6 Å². The highest BCUT2D eigenvalue weighted by molar-refractivity contribution is 6.31. The molecule has 1 aromatic carbocycles.